The van der Waals surface area contributed by atoms with Gasteiger partial charge in [0, 0.05) is 4.90 Å². The summed E-state index contributed by atoms with van der Waals surface area (Å²) in [5.41, 5.74) is 0.389. The summed E-state index contributed by atoms with van der Waals surface area (Å²) in [5.74, 6) is 1.08. The Labute approximate surface area is 151 Å². The van der Waals surface area contributed by atoms with Crippen LogP contribution >= 0.6 is 11.8 Å². The summed E-state index contributed by atoms with van der Waals surface area (Å²) < 4.78 is 33.7. The molecule has 0 aliphatic carbocycles. The Hall–Kier alpha value is -2.44. The smallest absolute Gasteiger partial charge is 0.262 e. The highest BCUT2D eigenvalue weighted by Gasteiger charge is 2.16. The number of benzene rings is 3. The van der Waals surface area contributed by atoms with Crippen LogP contribution in [0.4, 0.5) is 5.69 Å². The third-order valence-electron chi connectivity index (χ3n) is 3.47. The first-order valence-corrected chi connectivity index (χ1v) is 10.3. The predicted octanol–water partition coefficient (Wildman–Crippen LogP) is 5.00. The Balaban J connectivity index is 1.86. The number of rotatable bonds is 6. The van der Waals surface area contributed by atoms with Gasteiger partial charge >= 0.3 is 0 Å². The number of nitrogens with one attached hydrogen (secondary N) is 1. The molecule has 128 valence electrons. The van der Waals surface area contributed by atoms with Gasteiger partial charge in [-0.2, -0.15) is 0 Å². The van der Waals surface area contributed by atoms with Gasteiger partial charge < -0.3 is 4.74 Å². The molecule has 6 heteroatoms. The van der Waals surface area contributed by atoms with E-state index in [0.29, 0.717) is 17.2 Å². The summed E-state index contributed by atoms with van der Waals surface area (Å²) in [5, 5.41) is 0. The Morgan fingerprint density at radius 3 is 2.16 bits per heavy atom. The molecular formula is C19H17NO3S2. The molecule has 0 unspecified atom stereocenters. The van der Waals surface area contributed by atoms with Crippen LogP contribution in [0, 0.1) is 0 Å². The lowest BCUT2D eigenvalue weighted by Gasteiger charge is -2.13. The summed E-state index contributed by atoms with van der Waals surface area (Å²) in [7, 11) is -3.69. The minimum atomic E-state index is -3.69. The van der Waals surface area contributed by atoms with Gasteiger partial charge in [0.15, 0.2) is 5.75 Å². The monoisotopic (exact) mass is 371 g/mol. The van der Waals surface area contributed by atoms with Crippen molar-refractivity contribution in [2.24, 2.45) is 0 Å². The molecule has 0 atom stereocenters. The summed E-state index contributed by atoms with van der Waals surface area (Å²) in [4.78, 5) is 1.21. The zero-order valence-electron chi connectivity index (χ0n) is 13.5. The Morgan fingerprint density at radius 1 is 0.840 bits per heavy atom. The normalized spacial score (nSPS) is 11.1. The molecule has 4 nitrogen and oxygen atoms in total. The molecule has 0 saturated heterocycles. The number of hydrogen-bond donors (Lipinski definition) is 1. The van der Waals surface area contributed by atoms with Crippen LogP contribution in [0.1, 0.15) is 0 Å². The van der Waals surface area contributed by atoms with Gasteiger partial charge in [0.1, 0.15) is 5.75 Å². The number of para-hydroxylation sites is 3. The maximum absolute atomic E-state index is 12.6. The van der Waals surface area contributed by atoms with E-state index in [9.17, 15) is 8.42 Å². The predicted molar refractivity (Wildman–Crippen MR) is 102 cm³/mol. The highest BCUT2D eigenvalue weighted by Crippen LogP contribution is 2.31. The summed E-state index contributed by atoms with van der Waals surface area (Å²) in [6.07, 6.45) is 1.94. The van der Waals surface area contributed by atoms with Crippen LogP contribution in [0.3, 0.4) is 0 Å². The van der Waals surface area contributed by atoms with Crippen LogP contribution in [0.5, 0.6) is 11.5 Å². The molecule has 25 heavy (non-hydrogen) atoms. The van der Waals surface area contributed by atoms with Crippen molar-refractivity contribution in [3.05, 3.63) is 78.9 Å². The number of sulfonamides is 1. The molecule has 0 aliphatic rings. The quantitative estimate of drug-likeness (QED) is 0.620. The Kier molecular flexibility index (Phi) is 5.31. The first-order chi connectivity index (χ1) is 12.1. The van der Waals surface area contributed by atoms with Crippen LogP contribution in [0.15, 0.2) is 88.7 Å². The number of ether oxygens (including phenoxy) is 1. The molecular weight excluding hydrogens is 354 g/mol. The largest absolute Gasteiger partial charge is 0.455 e. The van der Waals surface area contributed by atoms with E-state index in [0.717, 1.165) is 4.90 Å². The molecule has 0 amide bonds. The third-order valence-corrected chi connectivity index (χ3v) is 5.60. The summed E-state index contributed by atoms with van der Waals surface area (Å²) >= 11 is 1.56. The van der Waals surface area contributed by atoms with Crippen molar-refractivity contribution < 1.29 is 13.2 Å². The molecule has 1 N–H and O–H groups in total. The maximum atomic E-state index is 12.6. The van der Waals surface area contributed by atoms with Crippen LogP contribution in [-0.2, 0) is 10.0 Å². The van der Waals surface area contributed by atoms with Gasteiger partial charge in [0.25, 0.3) is 10.0 Å². The van der Waals surface area contributed by atoms with E-state index in [4.69, 9.17) is 4.74 Å². The van der Waals surface area contributed by atoms with Gasteiger partial charge in [-0.15, -0.1) is 11.8 Å². The minimum absolute atomic E-state index is 0.208. The summed E-state index contributed by atoms with van der Waals surface area (Å²) in [6.45, 7) is 0. The van der Waals surface area contributed by atoms with Gasteiger partial charge in [-0.1, -0.05) is 30.3 Å². The number of hydrogen-bond acceptors (Lipinski definition) is 4. The SMILES string of the molecule is CSc1ccc(S(=O)(=O)Nc2ccccc2Oc2ccccc2)cc1. The molecule has 0 aliphatic heterocycles. The van der Waals surface area contributed by atoms with Crippen molar-refractivity contribution in [3.63, 3.8) is 0 Å². The van der Waals surface area contributed by atoms with E-state index >= 15 is 0 Å². The van der Waals surface area contributed by atoms with Crippen molar-refractivity contribution >= 4 is 27.5 Å². The van der Waals surface area contributed by atoms with Crippen LogP contribution in [0.2, 0.25) is 0 Å². The molecule has 3 aromatic carbocycles. The first kappa shape index (κ1) is 17.4. The second-order valence-electron chi connectivity index (χ2n) is 5.19. The van der Waals surface area contributed by atoms with Gasteiger partial charge in [0.2, 0.25) is 0 Å². The number of anilines is 1. The van der Waals surface area contributed by atoms with Crippen LogP contribution in [-0.4, -0.2) is 14.7 Å². The molecule has 3 aromatic rings. The molecule has 0 bridgehead atoms. The highest BCUT2D eigenvalue weighted by molar-refractivity contribution is 7.98. The average Bonchev–Trinajstić information content (AvgIpc) is 2.64. The fraction of sp³-hybridized carbons (Fsp3) is 0.0526. The minimum Gasteiger partial charge on any atom is -0.455 e. The van der Waals surface area contributed by atoms with Gasteiger partial charge in [-0.25, -0.2) is 8.42 Å². The lowest BCUT2D eigenvalue weighted by Crippen LogP contribution is -2.13. The van der Waals surface area contributed by atoms with E-state index in [1.54, 1.807) is 60.3 Å². The summed E-state index contributed by atoms with van der Waals surface area (Å²) in [6, 6.07) is 22.9. The molecule has 0 aromatic heterocycles. The van der Waals surface area contributed by atoms with Crippen molar-refractivity contribution in [3.8, 4) is 11.5 Å². The zero-order chi connectivity index (χ0) is 17.7. The second-order valence-corrected chi connectivity index (χ2v) is 7.75. The van der Waals surface area contributed by atoms with E-state index < -0.39 is 10.0 Å². The van der Waals surface area contributed by atoms with Gasteiger partial charge in [-0.3, -0.25) is 4.72 Å². The van der Waals surface area contributed by atoms with E-state index in [1.165, 1.54) is 0 Å². The second kappa shape index (κ2) is 7.63. The van der Waals surface area contributed by atoms with Crippen molar-refractivity contribution in [1.82, 2.24) is 0 Å². The molecule has 0 spiro atoms. The standard InChI is InChI=1S/C19H17NO3S2/c1-24-16-11-13-17(14-12-16)25(21,22)20-18-9-5-6-10-19(18)23-15-7-3-2-4-8-15/h2-14,20H,1H3. The average molecular weight is 371 g/mol. The van der Waals surface area contributed by atoms with Crippen LogP contribution in [0.25, 0.3) is 0 Å². The van der Waals surface area contributed by atoms with E-state index in [-0.39, 0.29) is 4.90 Å². The lowest BCUT2D eigenvalue weighted by atomic mass is 10.3. The molecule has 3 rings (SSSR count). The van der Waals surface area contributed by atoms with Gasteiger partial charge in [-0.05, 0) is 54.8 Å². The Bertz CT molecular complexity index is 940. The Morgan fingerprint density at radius 2 is 1.48 bits per heavy atom. The maximum Gasteiger partial charge on any atom is 0.262 e. The van der Waals surface area contributed by atoms with E-state index in [2.05, 4.69) is 4.72 Å². The molecule has 0 heterocycles. The van der Waals surface area contributed by atoms with Crippen molar-refractivity contribution in [1.29, 1.82) is 0 Å². The highest BCUT2D eigenvalue weighted by atomic mass is 32.2. The first-order valence-electron chi connectivity index (χ1n) is 7.57. The van der Waals surface area contributed by atoms with Crippen molar-refractivity contribution in [2.75, 3.05) is 11.0 Å². The lowest BCUT2D eigenvalue weighted by molar-refractivity contribution is 0.485. The molecule has 0 fully saturated rings. The van der Waals surface area contributed by atoms with Crippen molar-refractivity contribution in [2.45, 2.75) is 9.79 Å². The topological polar surface area (TPSA) is 55.4 Å². The molecule has 0 radical (unpaired) electrons. The third kappa shape index (κ3) is 4.35. The van der Waals surface area contributed by atoms with Gasteiger partial charge in [0.05, 0.1) is 10.6 Å². The zero-order valence-corrected chi connectivity index (χ0v) is 15.2. The molecule has 0 saturated carbocycles. The van der Waals surface area contributed by atoms with E-state index in [1.807, 2.05) is 36.6 Å². The number of thioether (sulfide) groups is 1. The fourth-order valence-electron chi connectivity index (χ4n) is 2.21. The van der Waals surface area contributed by atoms with Crippen LogP contribution < -0.4 is 9.46 Å². The fourth-order valence-corrected chi connectivity index (χ4v) is 3.69.